The molecule has 0 saturated carbocycles. The number of benzene rings is 2. The molecule has 2 fully saturated rings. The van der Waals surface area contributed by atoms with E-state index in [4.69, 9.17) is 30.1 Å². The van der Waals surface area contributed by atoms with Crippen molar-refractivity contribution in [3.63, 3.8) is 0 Å². The summed E-state index contributed by atoms with van der Waals surface area (Å²) >= 11 is 10.1. The van der Waals surface area contributed by atoms with Crippen molar-refractivity contribution in [1.29, 1.82) is 0 Å². The molecule has 0 aliphatic carbocycles. The Hall–Kier alpha value is -1.16. The van der Waals surface area contributed by atoms with Crippen LogP contribution < -0.4 is 5.32 Å². The van der Waals surface area contributed by atoms with Crippen molar-refractivity contribution in [3.8, 4) is 0 Å². The van der Waals surface area contributed by atoms with Gasteiger partial charge in [0, 0.05) is 39.6 Å². The van der Waals surface area contributed by atoms with Gasteiger partial charge < -0.3 is 36.1 Å². The van der Waals surface area contributed by atoms with E-state index in [1.807, 2.05) is 0 Å². The molecule has 2 aliphatic heterocycles. The first kappa shape index (κ1) is 35.0. The molecule has 4 atom stereocenters. The molecule has 1 radical (unpaired) electrons. The predicted octanol–water partition coefficient (Wildman–Crippen LogP) is 2.58. The van der Waals surface area contributed by atoms with Crippen molar-refractivity contribution in [2.45, 2.75) is 43.7 Å². The minimum Gasteiger partial charge on any atom is -2.00 e. The summed E-state index contributed by atoms with van der Waals surface area (Å²) in [6, 6.07) is 15.7. The number of nitrogens with one attached hydrogen (secondary N) is 1. The molecule has 223 valence electrons. The fourth-order valence-electron chi connectivity index (χ4n) is 6.40. The molecule has 2 amide bonds. The van der Waals surface area contributed by atoms with E-state index in [0.29, 0.717) is 37.2 Å². The van der Waals surface area contributed by atoms with E-state index >= 15 is 0 Å². The molecule has 2 bridgehead atoms. The fraction of sp³-hybridized carbons (Fsp3) is 0.586. The first-order valence-corrected chi connectivity index (χ1v) is 14.8. The number of amides is 2. The van der Waals surface area contributed by atoms with Crippen LogP contribution in [0.3, 0.4) is 0 Å². The summed E-state index contributed by atoms with van der Waals surface area (Å²) in [7, 11) is 3.27. The van der Waals surface area contributed by atoms with Crippen LogP contribution in [-0.4, -0.2) is 97.1 Å². The van der Waals surface area contributed by atoms with Crippen LogP contribution in [0.5, 0.6) is 0 Å². The summed E-state index contributed by atoms with van der Waals surface area (Å²) in [5.41, 5.74) is 1.24. The van der Waals surface area contributed by atoms with Crippen LogP contribution in [-0.2, 0) is 65.6 Å². The normalized spacial score (nSPS) is 22.0. The van der Waals surface area contributed by atoms with Gasteiger partial charge in [0.1, 0.15) is 0 Å². The van der Waals surface area contributed by atoms with Crippen molar-refractivity contribution in [1.82, 2.24) is 20.2 Å². The van der Waals surface area contributed by atoms with E-state index in [-0.39, 0.29) is 55.6 Å². The Balaban J connectivity index is 0.00000280. The van der Waals surface area contributed by atoms with E-state index in [2.05, 4.69) is 57.6 Å². The topological polar surface area (TPSA) is 93.6 Å². The molecule has 40 heavy (non-hydrogen) atoms. The van der Waals surface area contributed by atoms with E-state index in [1.165, 1.54) is 21.4 Å². The van der Waals surface area contributed by atoms with Crippen LogP contribution in [0, 0.1) is 5.92 Å². The predicted molar refractivity (Wildman–Crippen MR) is 157 cm³/mol. The molecule has 4 unspecified atom stereocenters. The van der Waals surface area contributed by atoms with E-state index < -0.39 is 0 Å². The number of hydroxylamine groups is 2. The van der Waals surface area contributed by atoms with Gasteiger partial charge in [0.15, 0.2) is 0 Å². The van der Waals surface area contributed by atoms with Crippen LogP contribution in [0.1, 0.15) is 37.2 Å². The molecule has 2 aromatic rings. The molecule has 8 nitrogen and oxygen atoms in total. The largest absolute Gasteiger partial charge is 2.00 e. The maximum absolute atomic E-state index is 13.7. The number of hydrogen-bond donors (Lipinski definition) is 1. The number of carbonyl (C=O) groups excluding carboxylic acids is 2. The first-order chi connectivity index (χ1) is 18.5. The molecule has 2 heterocycles. The molecule has 1 N–H and O–H groups in total. The van der Waals surface area contributed by atoms with Gasteiger partial charge in [-0.3, -0.25) is 24.2 Å². The molecular formula is C29H40N4O4ReS2-4. The van der Waals surface area contributed by atoms with E-state index in [1.54, 1.807) is 14.2 Å². The van der Waals surface area contributed by atoms with Crippen molar-refractivity contribution in [2.75, 3.05) is 58.4 Å². The Morgan fingerprint density at radius 2 is 1.82 bits per heavy atom. The van der Waals surface area contributed by atoms with Gasteiger partial charge in [-0.1, -0.05) is 42.5 Å². The molecular weight excluding hydrogens is 719 g/mol. The van der Waals surface area contributed by atoms with Gasteiger partial charge in [-0.2, -0.15) is 11.5 Å². The average Bonchev–Trinajstić information content (AvgIpc) is 3.21. The first-order valence-electron chi connectivity index (χ1n) is 13.7. The van der Waals surface area contributed by atoms with Crippen molar-refractivity contribution in [3.05, 3.63) is 48.0 Å². The quantitative estimate of drug-likeness (QED) is 0.248. The third-order valence-electron chi connectivity index (χ3n) is 8.23. The third kappa shape index (κ3) is 8.45. The Labute approximate surface area is 263 Å². The number of piperidine rings is 1. The van der Waals surface area contributed by atoms with Gasteiger partial charge >= 0.3 is 0 Å². The van der Waals surface area contributed by atoms with Gasteiger partial charge in [-0.05, 0) is 74.1 Å². The Kier molecular flexibility index (Phi) is 15.0. The monoisotopic (exact) mass is 759 g/mol. The number of rotatable bonds is 13. The smallest absolute Gasteiger partial charge is 0.251 e. The summed E-state index contributed by atoms with van der Waals surface area (Å²) < 4.78 is 0. The zero-order valence-electron chi connectivity index (χ0n) is 23.3. The molecule has 2 saturated heterocycles. The second-order valence-corrected chi connectivity index (χ2v) is 11.2. The minimum absolute atomic E-state index is 0. The molecule has 0 spiro atoms. The average molecular weight is 759 g/mol. The van der Waals surface area contributed by atoms with Crippen LogP contribution in [0.2, 0.25) is 0 Å². The van der Waals surface area contributed by atoms with Crippen molar-refractivity contribution in [2.24, 2.45) is 5.92 Å². The zero-order valence-corrected chi connectivity index (χ0v) is 27.6. The van der Waals surface area contributed by atoms with Gasteiger partial charge in [-0.15, -0.1) is 0 Å². The molecule has 2 aromatic carbocycles. The van der Waals surface area contributed by atoms with Crippen molar-refractivity contribution < 1.29 is 40.3 Å². The Bertz CT molecular complexity index is 1100. The van der Waals surface area contributed by atoms with E-state index in [9.17, 15) is 9.59 Å². The van der Waals surface area contributed by atoms with Gasteiger partial charge in [-0.25, -0.2) is 5.06 Å². The molecule has 2 aliphatic rings. The Morgan fingerprint density at radius 1 is 1.07 bits per heavy atom. The number of nitrogens with zero attached hydrogens (tertiary/aromatic N) is 3. The fourth-order valence-corrected chi connectivity index (χ4v) is 6.77. The summed E-state index contributed by atoms with van der Waals surface area (Å²) in [4.78, 5) is 36.0. The number of hydrogen-bond acceptors (Lipinski definition) is 7. The van der Waals surface area contributed by atoms with Crippen molar-refractivity contribution >= 4 is 47.8 Å². The summed E-state index contributed by atoms with van der Waals surface area (Å²) in [5, 5.41) is 6.70. The van der Waals surface area contributed by atoms with Gasteiger partial charge in [0.2, 0.25) is 5.91 Å². The molecule has 4 rings (SSSR count). The van der Waals surface area contributed by atoms with Crippen LogP contribution in [0.25, 0.3) is 10.8 Å². The van der Waals surface area contributed by atoms with Gasteiger partial charge in [0.25, 0.3) is 5.91 Å². The summed E-state index contributed by atoms with van der Waals surface area (Å²) in [6.07, 6.45) is 4.01. The zero-order chi connectivity index (χ0) is 27.1. The minimum atomic E-state index is -0.159. The maximum atomic E-state index is 13.7. The van der Waals surface area contributed by atoms with Gasteiger partial charge in [0.05, 0.1) is 19.6 Å². The van der Waals surface area contributed by atoms with E-state index in [0.717, 1.165) is 38.8 Å². The van der Waals surface area contributed by atoms with Crippen LogP contribution >= 0.6 is 0 Å². The third-order valence-corrected chi connectivity index (χ3v) is 8.61. The molecule has 11 heteroatoms. The number of carbonyl (C=O) groups is 2. The maximum Gasteiger partial charge on any atom is 0.251 e. The van der Waals surface area contributed by atoms with Crippen LogP contribution in [0.15, 0.2) is 42.5 Å². The summed E-state index contributed by atoms with van der Waals surface area (Å²) in [5.74, 6) is 1.16. The standard InChI is InChI=1S/C29H42N4O3S2.O.Re/c1-31(36-2)29(35)28-25(23-9-8-21-6-3-4-7-22(21)18-23)19-24-10-11-26(28)33(24)14-5-13-32(15-17-38)20-27(34)30-12-16-37;;/h3-4,6-9,18,24-26,28,37-38H,5,10-17,19-20H2,1-2H3,(H,30,34);;/q;-2;/p-2. The van der Waals surface area contributed by atoms with Crippen LogP contribution in [0.4, 0.5) is 0 Å². The Morgan fingerprint density at radius 3 is 2.52 bits per heavy atom. The number of fused-ring (bicyclic) bond motifs is 3. The second-order valence-electron chi connectivity index (χ2n) is 10.4. The molecule has 0 aromatic heterocycles. The SMILES string of the molecule is CON(C)C(=O)C1C(c2ccc3ccccc3c2)CC2CCC1N2CCCN(CC[S-])CC(=O)NCC[S-].[O-2].[Re]. The second kappa shape index (κ2) is 17.1. The summed E-state index contributed by atoms with van der Waals surface area (Å²) in [6.45, 7) is 3.30.